The Kier molecular flexibility index (Phi) is 5.58. The van der Waals surface area contributed by atoms with Crippen LogP contribution in [0.4, 0.5) is 5.69 Å². The van der Waals surface area contributed by atoms with Gasteiger partial charge in [-0.25, -0.2) is 8.42 Å². The number of anilines is 1. The third-order valence-electron chi connectivity index (χ3n) is 3.10. The van der Waals surface area contributed by atoms with Crippen LogP contribution in [0, 0.1) is 0 Å². The first kappa shape index (κ1) is 18.0. The van der Waals surface area contributed by atoms with Gasteiger partial charge in [0, 0.05) is 16.3 Å². The van der Waals surface area contributed by atoms with E-state index in [-0.39, 0.29) is 5.75 Å². The van der Waals surface area contributed by atoms with Crippen molar-refractivity contribution in [3.8, 4) is 0 Å². The highest BCUT2D eigenvalue weighted by Crippen LogP contribution is 2.13. The van der Waals surface area contributed by atoms with Crippen LogP contribution in [-0.2, 0) is 20.4 Å². The number of nitrogens with one attached hydrogen (secondary N) is 1. The van der Waals surface area contributed by atoms with Crippen molar-refractivity contribution in [3.05, 3.63) is 64.7 Å². The Morgan fingerprint density at radius 1 is 1.00 bits per heavy atom. The number of hydrogen-bond acceptors (Lipinski definition) is 4. The summed E-state index contributed by atoms with van der Waals surface area (Å²) >= 11 is 5.75. The number of primary amides is 1. The van der Waals surface area contributed by atoms with Crippen molar-refractivity contribution in [1.29, 1.82) is 0 Å². The van der Waals surface area contributed by atoms with E-state index in [1.807, 2.05) is 0 Å². The summed E-state index contributed by atoms with van der Waals surface area (Å²) < 4.78 is 24.1. The van der Waals surface area contributed by atoms with E-state index in [4.69, 9.17) is 17.3 Å². The molecule has 6 nitrogen and oxygen atoms in total. The lowest BCUT2D eigenvalue weighted by Gasteiger charge is -2.07. The SMILES string of the molecule is NC(=O)c1ccc(NC(=O)CS(=O)(=O)Cc2ccc(Cl)cc2)cc1. The summed E-state index contributed by atoms with van der Waals surface area (Å²) in [5.41, 5.74) is 6.35. The molecule has 0 saturated carbocycles. The van der Waals surface area contributed by atoms with Gasteiger partial charge in [-0.3, -0.25) is 9.59 Å². The van der Waals surface area contributed by atoms with Crippen LogP contribution >= 0.6 is 11.6 Å². The number of carbonyl (C=O) groups is 2. The lowest BCUT2D eigenvalue weighted by molar-refractivity contribution is -0.113. The second-order valence-corrected chi connectivity index (χ2v) is 7.65. The maximum atomic E-state index is 12.1. The highest BCUT2D eigenvalue weighted by Gasteiger charge is 2.17. The summed E-state index contributed by atoms with van der Waals surface area (Å²) in [6.07, 6.45) is 0. The number of carbonyl (C=O) groups excluding carboxylic acids is 2. The van der Waals surface area contributed by atoms with E-state index in [1.54, 1.807) is 24.3 Å². The van der Waals surface area contributed by atoms with Crippen molar-refractivity contribution in [2.75, 3.05) is 11.1 Å². The van der Waals surface area contributed by atoms with E-state index in [0.717, 1.165) is 0 Å². The average Bonchev–Trinajstić information content (AvgIpc) is 2.49. The fraction of sp³-hybridized carbons (Fsp3) is 0.125. The molecule has 8 heteroatoms. The molecule has 0 spiro atoms. The Bertz CT molecular complexity index is 847. The summed E-state index contributed by atoms with van der Waals surface area (Å²) in [5, 5.41) is 2.98. The quantitative estimate of drug-likeness (QED) is 0.815. The summed E-state index contributed by atoms with van der Waals surface area (Å²) in [4.78, 5) is 22.9. The van der Waals surface area contributed by atoms with Gasteiger partial charge in [-0.05, 0) is 42.0 Å². The average molecular weight is 367 g/mol. The van der Waals surface area contributed by atoms with Gasteiger partial charge in [0.2, 0.25) is 11.8 Å². The van der Waals surface area contributed by atoms with Crippen molar-refractivity contribution < 1.29 is 18.0 Å². The van der Waals surface area contributed by atoms with Crippen molar-refractivity contribution in [1.82, 2.24) is 0 Å². The summed E-state index contributed by atoms with van der Waals surface area (Å²) in [7, 11) is -3.62. The molecule has 0 atom stereocenters. The van der Waals surface area contributed by atoms with Crippen LogP contribution in [0.1, 0.15) is 15.9 Å². The van der Waals surface area contributed by atoms with Crippen LogP contribution in [-0.4, -0.2) is 26.0 Å². The van der Waals surface area contributed by atoms with Crippen LogP contribution in [0.25, 0.3) is 0 Å². The highest BCUT2D eigenvalue weighted by molar-refractivity contribution is 7.91. The predicted molar refractivity (Wildman–Crippen MR) is 92.5 cm³/mol. The molecule has 2 rings (SSSR count). The lowest BCUT2D eigenvalue weighted by atomic mass is 10.2. The summed E-state index contributed by atoms with van der Waals surface area (Å²) in [6.45, 7) is 0. The standard InChI is InChI=1S/C16H15ClN2O4S/c17-13-5-1-11(2-6-13)9-24(22,23)10-15(20)19-14-7-3-12(4-8-14)16(18)21/h1-8H,9-10H2,(H2,18,21)(H,19,20). The van der Waals surface area contributed by atoms with Crippen molar-refractivity contribution in [3.63, 3.8) is 0 Å². The van der Waals surface area contributed by atoms with Gasteiger partial charge in [0.05, 0.1) is 5.75 Å². The number of benzene rings is 2. The highest BCUT2D eigenvalue weighted by atomic mass is 35.5. The predicted octanol–water partition coefficient (Wildman–Crippen LogP) is 1.99. The maximum absolute atomic E-state index is 12.1. The molecular formula is C16H15ClN2O4S. The molecule has 0 aliphatic rings. The third kappa shape index (κ3) is 5.36. The van der Waals surface area contributed by atoms with E-state index in [0.29, 0.717) is 21.8 Å². The van der Waals surface area contributed by atoms with Crippen LogP contribution in [0.5, 0.6) is 0 Å². The number of halogens is 1. The number of nitrogens with two attached hydrogens (primary N) is 1. The van der Waals surface area contributed by atoms with Crippen LogP contribution in [0.3, 0.4) is 0 Å². The molecule has 3 N–H and O–H groups in total. The Labute approximate surface area is 144 Å². The minimum atomic E-state index is -3.62. The summed E-state index contributed by atoms with van der Waals surface area (Å²) in [5.74, 6) is -2.14. The lowest BCUT2D eigenvalue weighted by Crippen LogP contribution is -2.24. The number of hydrogen-bond donors (Lipinski definition) is 2. The molecule has 0 aliphatic heterocycles. The monoisotopic (exact) mass is 366 g/mol. The Morgan fingerprint density at radius 3 is 2.12 bits per heavy atom. The van der Waals surface area contributed by atoms with Gasteiger partial charge in [-0.1, -0.05) is 23.7 Å². The zero-order valence-electron chi connectivity index (χ0n) is 12.5. The molecule has 0 heterocycles. The molecule has 0 aromatic heterocycles. The van der Waals surface area contributed by atoms with Gasteiger partial charge < -0.3 is 11.1 Å². The molecule has 2 amide bonds. The van der Waals surface area contributed by atoms with Gasteiger partial charge in [0.15, 0.2) is 9.84 Å². The molecule has 0 saturated heterocycles. The van der Waals surface area contributed by atoms with Gasteiger partial charge >= 0.3 is 0 Å². The Morgan fingerprint density at radius 2 is 1.58 bits per heavy atom. The van der Waals surface area contributed by atoms with Gasteiger partial charge in [0.25, 0.3) is 0 Å². The molecule has 0 bridgehead atoms. The smallest absolute Gasteiger partial charge is 0.248 e. The van der Waals surface area contributed by atoms with Crippen molar-refractivity contribution in [2.24, 2.45) is 5.73 Å². The molecule has 0 radical (unpaired) electrons. The minimum absolute atomic E-state index is 0.252. The first-order valence-corrected chi connectivity index (χ1v) is 9.10. The molecule has 126 valence electrons. The number of amides is 2. The Hall–Kier alpha value is -2.38. The fourth-order valence-corrected chi connectivity index (χ4v) is 3.40. The number of rotatable bonds is 6. The molecular weight excluding hydrogens is 352 g/mol. The first-order valence-electron chi connectivity index (χ1n) is 6.90. The van der Waals surface area contributed by atoms with E-state index >= 15 is 0 Å². The fourth-order valence-electron chi connectivity index (χ4n) is 2.00. The molecule has 0 fully saturated rings. The molecule has 2 aromatic rings. The topological polar surface area (TPSA) is 106 Å². The number of sulfone groups is 1. The van der Waals surface area contributed by atoms with Gasteiger partial charge in [-0.2, -0.15) is 0 Å². The molecule has 0 unspecified atom stereocenters. The van der Waals surface area contributed by atoms with Gasteiger partial charge in [-0.15, -0.1) is 0 Å². The second kappa shape index (κ2) is 7.46. The maximum Gasteiger partial charge on any atom is 0.248 e. The second-order valence-electron chi connectivity index (χ2n) is 5.15. The van der Waals surface area contributed by atoms with Crippen LogP contribution in [0.2, 0.25) is 5.02 Å². The normalized spacial score (nSPS) is 11.0. The van der Waals surface area contributed by atoms with Crippen LogP contribution in [0.15, 0.2) is 48.5 Å². The molecule has 2 aromatic carbocycles. The van der Waals surface area contributed by atoms with E-state index in [9.17, 15) is 18.0 Å². The minimum Gasteiger partial charge on any atom is -0.366 e. The molecule has 24 heavy (non-hydrogen) atoms. The zero-order chi connectivity index (χ0) is 17.7. The van der Waals surface area contributed by atoms with Gasteiger partial charge in [0.1, 0.15) is 5.75 Å². The largest absolute Gasteiger partial charge is 0.366 e. The third-order valence-corrected chi connectivity index (χ3v) is 4.83. The first-order chi connectivity index (χ1) is 11.2. The van der Waals surface area contributed by atoms with E-state index < -0.39 is 27.4 Å². The van der Waals surface area contributed by atoms with Crippen molar-refractivity contribution in [2.45, 2.75) is 5.75 Å². The molecule has 0 aliphatic carbocycles. The van der Waals surface area contributed by atoms with Crippen molar-refractivity contribution >= 4 is 38.9 Å². The Balaban J connectivity index is 1.97. The van der Waals surface area contributed by atoms with E-state index in [1.165, 1.54) is 24.3 Å². The van der Waals surface area contributed by atoms with E-state index in [2.05, 4.69) is 5.32 Å². The van der Waals surface area contributed by atoms with Crippen LogP contribution < -0.4 is 11.1 Å². The summed E-state index contributed by atoms with van der Waals surface area (Å²) in [6, 6.07) is 12.2. The zero-order valence-corrected chi connectivity index (χ0v) is 14.1.